The van der Waals surface area contributed by atoms with Gasteiger partial charge in [-0.15, -0.1) is 0 Å². The van der Waals surface area contributed by atoms with E-state index in [9.17, 15) is 0 Å². The average molecular weight is 218 g/mol. The molecule has 1 fully saturated rings. The number of ether oxygens (including phenoxy) is 1. The second-order valence-electron chi connectivity index (χ2n) is 3.63. The van der Waals surface area contributed by atoms with Gasteiger partial charge in [0, 0.05) is 19.1 Å². The second kappa shape index (κ2) is 5.45. The van der Waals surface area contributed by atoms with Crippen LogP contribution in [0.3, 0.4) is 0 Å². The molecule has 1 aromatic heterocycles. The molecule has 1 aromatic rings. The SMILES string of the molecule is N#Cc1cccc(NCC2COCCN2)n1. The minimum absolute atomic E-state index is 0.307. The van der Waals surface area contributed by atoms with E-state index in [1.807, 2.05) is 18.2 Å². The van der Waals surface area contributed by atoms with Gasteiger partial charge in [0.15, 0.2) is 0 Å². The number of nitrogens with one attached hydrogen (secondary N) is 2. The van der Waals surface area contributed by atoms with E-state index in [4.69, 9.17) is 10.00 Å². The molecule has 5 nitrogen and oxygen atoms in total. The maximum atomic E-state index is 8.71. The molecule has 1 atom stereocenters. The number of nitriles is 1. The minimum Gasteiger partial charge on any atom is -0.378 e. The van der Waals surface area contributed by atoms with Crippen LogP contribution in [0.15, 0.2) is 18.2 Å². The molecule has 0 saturated carbocycles. The van der Waals surface area contributed by atoms with Gasteiger partial charge in [-0.25, -0.2) is 4.98 Å². The molecular formula is C11H14N4O. The molecule has 0 aliphatic carbocycles. The van der Waals surface area contributed by atoms with E-state index < -0.39 is 0 Å². The molecule has 2 N–H and O–H groups in total. The third-order valence-corrected chi connectivity index (χ3v) is 2.39. The summed E-state index contributed by atoms with van der Waals surface area (Å²) in [5.41, 5.74) is 0.429. The first kappa shape index (κ1) is 10.9. The molecule has 0 bridgehead atoms. The molecule has 0 aromatic carbocycles. The third kappa shape index (κ3) is 2.92. The van der Waals surface area contributed by atoms with Gasteiger partial charge in [-0.2, -0.15) is 5.26 Å². The number of hydrogen-bond acceptors (Lipinski definition) is 5. The fourth-order valence-electron chi connectivity index (χ4n) is 1.57. The van der Waals surface area contributed by atoms with Crippen LogP contribution in [0.4, 0.5) is 5.82 Å². The van der Waals surface area contributed by atoms with Crippen LogP contribution in [-0.2, 0) is 4.74 Å². The summed E-state index contributed by atoms with van der Waals surface area (Å²) in [6, 6.07) is 7.68. The number of hydrogen-bond donors (Lipinski definition) is 2. The predicted octanol–water partition coefficient (Wildman–Crippen LogP) is 0.354. The molecular weight excluding hydrogens is 204 g/mol. The van der Waals surface area contributed by atoms with Crippen molar-refractivity contribution in [2.24, 2.45) is 0 Å². The Bertz CT molecular complexity index is 382. The van der Waals surface area contributed by atoms with Crippen molar-refractivity contribution in [2.75, 3.05) is 31.6 Å². The van der Waals surface area contributed by atoms with Crippen molar-refractivity contribution >= 4 is 5.82 Å². The van der Waals surface area contributed by atoms with Crippen LogP contribution in [0.1, 0.15) is 5.69 Å². The Morgan fingerprint density at radius 3 is 3.31 bits per heavy atom. The lowest BCUT2D eigenvalue weighted by atomic mass is 10.2. The van der Waals surface area contributed by atoms with Gasteiger partial charge in [-0.05, 0) is 12.1 Å². The zero-order valence-electron chi connectivity index (χ0n) is 8.94. The van der Waals surface area contributed by atoms with Crippen molar-refractivity contribution in [1.29, 1.82) is 5.26 Å². The Balaban J connectivity index is 1.86. The first-order chi connectivity index (χ1) is 7.88. The first-order valence-electron chi connectivity index (χ1n) is 5.30. The maximum Gasteiger partial charge on any atom is 0.142 e. The van der Waals surface area contributed by atoms with E-state index in [0.717, 1.165) is 25.5 Å². The highest BCUT2D eigenvalue weighted by Crippen LogP contribution is 2.04. The largest absolute Gasteiger partial charge is 0.378 e. The van der Waals surface area contributed by atoms with Gasteiger partial charge in [-0.1, -0.05) is 6.07 Å². The van der Waals surface area contributed by atoms with E-state index in [1.165, 1.54) is 0 Å². The Morgan fingerprint density at radius 1 is 1.62 bits per heavy atom. The molecule has 1 saturated heterocycles. The highest BCUT2D eigenvalue weighted by molar-refractivity contribution is 5.38. The van der Waals surface area contributed by atoms with Gasteiger partial charge in [0.25, 0.3) is 0 Å². The summed E-state index contributed by atoms with van der Waals surface area (Å²) in [5, 5.41) is 15.2. The van der Waals surface area contributed by atoms with Gasteiger partial charge in [0.1, 0.15) is 17.6 Å². The quantitative estimate of drug-likeness (QED) is 0.766. The van der Waals surface area contributed by atoms with Crippen molar-refractivity contribution in [3.05, 3.63) is 23.9 Å². The molecule has 16 heavy (non-hydrogen) atoms. The second-order valence-corrected chi connectivity index (χ2v) is 3.63. The molecule has 2 heterocycles. The number of rotatable bonds is 3. The lowest BCUT2D eigenvalue weighted by Crippen LogP contribution is -2.45. The van der Waals surface area contributed by atoms with Crippen LogP contribution in [0.2, 0.25) is 0 Å². The lowest BCUT2D eigenvalue weighted by Gasteiger charge is -2.24. The Morgan fingerprint density at radius 2 is 2.56 bits per heavy atom. The first-order valence-corrected chi connectivity index (χ1v) is 5.30. The van der Waals surface area contributed by atoms with Crippen LogP contribution in [0, 0.1) is 11.3 Å². The number of pyridine rings is 1. The third-order valence-electron chi connectivity index (χ3n) is 2.39. The zero-order valence-corrected chi connectivity index (χ0v) is 8.94. The molecule has 2 rings (SSSR count). The molecule has 0 amide bonds. The van der Waals surface area contributed by atoms with Gasteiger partial charge in [0.05, 0.1) is 13.2 Å². The van der Waals surface area contributed by atoms with Gasteiger partial charge >= 0.3 is 0 Å². The number of nitrogens with zero attached hydrogens (tertiary/aromatic N) is 2. The lowest BCUT2D eigenvalue weighted by molar-refractivity contribution is 0.0806. The van der Waals surface area contributed by atoms with Crippen LogP contribution >= 0.6 is 0 Å². The Kier molecular flexibility index (Phi) is 3.70. The molecule has 5 heteroatoms. The van der Waals surface area contributed by atoms with E-state index in [-0.39, 0.29) is 0 Å². The normalized spacial score (nSPS) is 20.1. The van der Waals surface area contributed by atoms with Crippen molar-refractivity contribution in [1.82, 2.24) is 10.3 Å². The van der Waals surface area contributed by atoms with Crippen molar-refractivity contribution in [2.45, 2.75) is 6.04 Å². The van der Waals surface area contributed by atoms with Crippen molar-refractivity contribution in [3.63, 3.8) is 0 Å². The van der Waals surface area contributed by atoms with Gasteiger partial charge < -0.3 is 15.4 Å². The van der Waals surface area contributed by atoms with Crippen LogP contribution in [0.5, 0.6) is 0 Å². The molecule has 1 unspecified atom stereocenters. The van der Waals surface area contributed by atoms with Gasteiger partial charge in [0.2, 0.25) is 0 Å². The highest BCUT2D eigenvalue weighted by atomic mass is 16.5. The summed E-state index contributed by atoms with van der Waals surface area (Å²) >= 11 is 0. The zero-order chi connectivity index (χ0) is 11.2. The number of anilines is 1. The highest BCUT2D eigenvalue weighted by Gasteiger charge is 2.12. The molecule has 0 spiro atoms. The average Bonchev–Trinajstić information content (AvgIpc) is 2.38. The van der Waals surface area contributed by atoms with Crippen molar-refractivity contribution in [3.8, 4) is 6.07 Å². The topological polar surface area (TPSA) is 70.0 Å². The van der Waals surface area contributed by atoms with Gasteiger partial charge in [-0.3, -0.25) is 0 Å². The standard InChI is InChI=1S/C11H14N4O/c12-6-9-2-1-3-11(15-9)14-7-10-8-16-5-4-13-10/h1-3,10,13H,4-5,7-8H2,(H,14,15). The summed E-state index contributed by atoms with van der Waals surface area (Å²) < 4.78 is 5.34. The van der Waals surface area contributed by atoms with E-state index in [0.29, 0.717) is 18.3 Å². The van der Waals surface area contributed by atoms with E-state index in [2.05, 4.69) is 15.6 Å². The van der Waals surface area contributed by atoms with Crippen molar-refractivity contribution < 1.29 is 4.74 Å². The summed E-state index contributed by atoms with van der Waals surface area (Å²) in [6.45, 7) is 3.13. The van der Waals surface area contributed by atoms with Crippen LogP contribution in [0.25, 0.3) is 0 Å². The number of morpholine rings is 1. The molecule has 1 aliphatic rings. The fraction of sp³-hybridized carbons (Fsp3) is 0.455. The molecule has 84 valence electrons. The fourth-order valence-corrected chi connectivity index (χ4v) is 1.57. The van der Waals surface area contributed by atoms with E-state index >= 15 is 0 Å². The summed E-state index contributed by atoms with van der Waals surface area (Å²) in [6.07, 6.45) is 0. The Hall–Kier alpha value is -1.64. The predicted molar refractivity (Wildman–Crippen MR) is 60.1 cm³/mol. The van der Waals surface area contributed by atoms with Crippen LogP contribution in [-0.4, -0.2) is 37.3 Å². The summed E-state index contributed by atoms with van der Waals surface area (Å²) in [7, 11) is 0. The monoisotopic (exact) mass is 218 g/mol. The molecule has 0 radical (unpaired) electrons. The smallest absolute Gasteiger partial charge is 0.142 e. The maximum absolute atomic E-state index is 8.71. The minimum atomic E-state index is 0.307. The Labute approximate surface area is 94.4 Å². The number of aromatic nitrogens is 1. The van der Waals surface area contributed by atoms with E-state index in [1.54, 1.807) is 6.07 Å². The summed E-state index contributed by atoms with van der Waals surface area (Å²) in [4.78, 5) is 4.13. The van der Waals surface area contributed by atoms with Crippen LogP contribution < -0.4 is 10.6 Å². The molecule has 1 aliphatic heterocycles. The summed E-state index contributed by atoms with van der Waals surface area (Å²) in [5.74, 6) is 0.728.